The largest absolute Gasteiger partial charge is 0.485 e. The third-order valence-electron chi connectivity index (χ3n) is 2.36. The van der Waals surface area contributed by atoms with E-state index in [0.717, 1.165) is 0 Å². The molecule has 0 aromatic heterocycles. The molecule has 6 nitrogen and oxygen atoms in total. The predicted octanol–water partition coefficient (Wildman–Crippen LogP) is 0.521. The molecule has 0 aliphatic carbocycles. The van der Waals surface area contributed by atoms with Crippen molar-refractivity contribution in [3.05, 3.63) is 24.3 Å². The van der Waals surface area contributed by atoms with Gasteiger partial charge in [-0.05, 0) is 12.1 Å². The Balaban J connectivity index is 1.83. The molecule has 0 bridgehead atoms. The van der Waals surface area contributed by atoms with E-state index in [1.807, 2.05) is 12.1 Å². The topological polar surface area (TPSA) is 66.0 Å². The first-order chi connectivity index (χ1) is 8.81. The molecule has 0 spiro atoms. The average Bonchev–Trinajstić information content (AvgIpc) is 2.43. The van der Waals surface area contributed by atoms with Crippen LogP contribution in [0.2, 0.25) is 0 Å². The summed E-state index contributed by atoms with van der Waals surface area (Å²) < 4.78 is 15.7. The Bertz CT molecular complexity index is 409. The second-order valence-corrected chi connectivity index (χ2v) is 3.67. The van der Waals surface area contributed by atoms with Gasteiger partial charge in [0.1, 0.15) is 6.61 Å². The van der Waals surface area contributed by atoms with Crippen LogP contribution in [-0.4, -0.2) is 38.9 Å². The summed E-state index contributed by atoms with van der Waals surface area (Å²) in [6, 6.07) is 7.20. The predicted molar refractivity (Wildman–Crippen MR) is 62.3 cm³/mol. The minimum Gasteiger partial charge on any atom is -0.485 e. The van der Waals surface area contributed by atoms with Gasteiger partial charge in [0, 0.05) is 7.11 Å². The number of nitrogens with one attached hydrogen (secondary N) is 1. The maximum absolute atomic E-state index is 11.7. The molecule has 2 rings (SSSR count). The normalized spacial score (nSPS) is 17.3. The average molecular weight is 253 g/mol. The van der Waals surface area contributed by atoms with E-state index < -0.39 is 6.10 Å². The van der Waals surface area contributed by atoms with Crippen molar-refractivity contribution in [2.24, 2.45) is 0 Å². The second-order valence-electron chi connectivity index (χ2n) is 3.67. The molecule has 1 aromatic carbocycles. The number of hydrogen-bond donors (Lipinski definition) is 1. The molecule has 18 heavy (non-hydrogen) atoms. The maximum Gasteiger partial charge on any atom is 0.288 e. The Hall–Kier alpha value is -1.79. The monoisotopic (exact) mass is 253 g/mol. The number of methoxy groups -OCH3 is 1. The summed E-state index contributed by atoms with van der Waals surface area (Å²) in [4.78, 5) is 16.6. The number of hydroxylamine groups is 1. The van der Waals surface area contributed by atoms with Crippen molar-refractivity contribution >= 4 is 5.91 Å². The molecule has 1 amide bonds. The molecule has 0 radical (unpaired) electrons. The van der Waals surface area contributed by atoms with Crippen LogP contribution in [0.4, 0.5) is 0 Å². The fraction of sp³-hybridized carbons (Fsp3) is 0.417. The summed E-state index contributed by atoms with van der Waals surface area (Å²) in [6.45, 7) is 0.855. The van der Waals surface area contributed by atoms with Crippen molar-refractivity contribution in [3.63, 3.8) is 0 Å². The van der Waals surface area contributed by atoms with Crippen LogP contribution in [0.3, 0.4) is 0 Å². The minimum absolute atomic E-state index is 0.163. The van der Waals surface area contributed by atoms with Crippen molar-refractivity contribution < 1.29 is 23.8 Å². The standard InChI is InChI=1S/C12H15NO5/c1-15-6-7-17-13-12(14)11-8-16-9-4-2-3-5-10(9)18-11/h2-5,11H,6-8H2,1H3,(H,13,14). The molecule has 1 aromatic rings. The van der Waals surface area contributed by atoms with E-state index >= 15 is 0 Å². The fourth-order valence-electron chi connectivity index (χ4n) is 1.46. The van der Waals surface area contributed by atoms with Gasteiger partial charge in [0.15, 0.2) is 11.5 Å². The fourth-order valence-corrected chi connectivity index (χ4v) is 1.46. The van der Waals surface area contributed by atoms with Gasteiger partial charge in [-0.1, -0.05) is 12.1 Å². The first-order valence-electron chi connectivity index (χ1n) is 5.60. The molecular weight excluding hydrogens is 238 g/mol. The number of amides is 1. The van der Waals surface area contributed by atoms with E-state index in [1.54, 1.807) is 19.2 Å². The van der Waals surface area contributed by atoms with Crippen molar-refractivity contribution in [3.8, 4) is 11.5 Å². The van der Waals surface area contributed by atoms with Crippen LogP contribution >= 0.6 is 0 Å². The minimum atomic E-state index is -0.706. The second kappa shape index (κ2) is 6.23. The number of carbonyl (C=O) groups is 1. The number of ether oxygens (including phenoxy) is 3. The molecule has 6 heteroatoms. The zero-order valence-electron chi connectivity index (χ0n) is 10.0. The Morgan fingerprint density at radius 3 is 2.94 bits per heavy atom. The van der Waals surface area contributed by atoms with E-state index in [9.17, 15) is 4.79 Å². The van der Waals surface area contributed by atoms with Crippen molar-refractivity contribution in [1.82, 2.24) is 5.48 Å². The molecule has 0 fully saturated rings. The van der Waals surface area contributed by atoms with Crippen LogP contribution < -0.4 is 15.0 Å². The van der Waals surface area contributed by atoms with Crippen LogP contribution in [-0.2, 0) is 14.4 Å². The van der Waals surface area contributed by atoms with Gasteiger partial charge in [-0.2, -0.15) is 0 Å². The summed E-state index contributed by atoms with van der Waals surface area (Å²) in [7, 11) is 1.56. The highest BCUT2D eigenvalue weighted by Crippen LogP contribution is 2.30. The third-order valence-corrected chi connectivity index (χ3v) is 2.36. The highest BCUT2D eigenvalue weighted by molar-refractivity contribution is 5.80. The number of benzene rings is 1. The summed E-state index contributed by atoms with van der Waals surface area (Å²) >= 11 is 0. The van der Waals surface area contributed by atoms with E-state index in [4.69, 9.17) is 19.0 Å². The molecule has 98 valence electrons. The van der Waals surface area contributed by atoms with Gasteiger partial charge in [-0.3, -0.25) is 9.63 Å². The van der Waals surface area contributed by atoms with Crippen molar-refractivity contribution in [1.29, 1.82) is 0 Å². The number of rotatable bonds is 5. The van der Waals surface area contributed by atoms with Crippen LogP contribution in [0.1, 0.15) is 0 Å². The Kier molecular flexibility index (Phi) is 4.38. The van der Waals surface area contributed by atoms with Gasteiger partial charge < -0.3 is 14.2 Å². The molecule has 1 heterocycles. The first-order valence-corrected chi connectivity index (χ1v) is 5.60. The highest BCUT2D eigenvalue weighted by Gasteiger charge is 2.27. The Morgan fingerprint density at radius 2 is 2.17 bits per heavy atom. The van der Waals surface area contributed by atoms with Crippen LogP contribution in [0.25, 0.3) is 0 Å². The molecule has 1 aliphatic heterocycles. The number of para-hydroxylation sites is 2. The summed E-state index contributed by atoms with van der Waals surface area (Å²) in [5, 5.41) is 0. The van der Waals surface area contributed by atoms with Crippen LogP contribution in [0.15, 0.2) is 24.3 Å². The van der Waals surface area contributed by atoms with Crippen molar-refractivity contribution in [2.75, 3.05) is 26.9 Å². The molecule has 0 saturated heterocycles. The van der Waals surface area contributed by atoms with E-state index in [0.29, 0.717) is 18.1 Å². The smallest absolute Gasteiger partial charge is 0.288 e. The van der Waals surface area contributed by atoms with Crippen LogP contribution in [0.5, 0.6) is 11.5 Å². The quantitative estimate of drug-likeness (QED) is 0.612. The zero-order chi connectivity index (χ0) is 12.8. The Labute approximate surface area is 105 Å². The molecule has 1 N–H and O–H groups in total. The molecule has 1 atom stereocenters. The lowest BCUT2D eigenvalue weighted by atomic mass is 10.2. The van der Waals surface area contributed by atoms with Gasteiger partial charge in [-0.25, -0.2) is 5.48 Å². The zero-order valence-corrected chi connectivity index (χ0v) is 10.0. The van der Waals surface area contributed by atoms with Gasteiger partial charge in [0.05, 0.1) is 13.2 Å². The first kappa shape index (κ1) is 12.7. The Morgan fingerprint density at radius 1 is 1.39 bits per heavy atom. The van der Waals surface area contributed by atoms with Crippen molar-refractivity contribution in [2.45, 2.75) is 6.10 Å². The lowest BCUT2D eigenvalue weighted by molar-refractivity contribution is -0.144. The molecule has 1 unspecified atom stereocenters. The third kappa shape index (κ3) is 3.12. The maximum atomic E-state index is 11.7. The summed E-state index contributed by atoms with van der Waals surface area (Å²) in [6.07, 6.45) is -0.706. The van der Waals surface area contributed by atoms with Gasteiger partial charge >= 0.3 is 0 Å². The lowest BCUT2D eigenvalue weighted by Crippen LogP contribution is -2.44. The summed E-state index contributed by atoms with van der Waals surface area (Å²) in [5.41, 5.74) is 2.29. The van der Waals surface area contributed by atoms with E-state index in [1.165, 1.54) is 0 Å². The van der Waals surface area contributed by atoms with Gasteiger partial charge in [0.2, 0.25) is 6.10 Å². The van der Waals surface area contributed by atoms with Gasteiger partial charge in [-0.15, -0.1) is 0 Å². The number of carbonyl (C=O) groups excluding carboxylic acids is 1. The lowest BCUT2D eigenvalue weighted by Gasteiger charge is -2.25. The molecule has 0 saturated carbocycles. The highest BCUT2D eigenvalue weighted by atomic mass is 16.7. The molecule has 1 aliphatic rings. The van der Waals surface area contributed by atoms with E-state index in [-0.39, 0.29) is 19.1 Å². The van der Waals surface area contributed by atoms with Gasteiger partial charge in [0.25, 0.3) is 5.91 Å². The number of hydrogen-bond acceptors (Lipinski definition) is 5. The SMILES string of the molecule is COCCONC(=O)C1COc2ccccc2O1. The molecular formula is C12H15NO5. The van der Waals surface area contributed by atoms with Crippen LogP contribution in [0, 0.1) is 0 Å². The number of fused-ring (bicyclic) bond motifs is 1. The summed E-state index contributed by atoms with van der Waals surface area (Å²) in [5.74, 6) is 0.822. The van der Waals surface area contributed by atoms with E-state index in [2.05, 4.69) is 5.48 Å².